The van der Waals surface area contributed by atoms with Gasteiger partial charge in [-0.2, -0.15) is 0 Å². The highest BCUT2D eigenvalue weighted by atomic mass is 16.5. The zero-order chi connectivity index (χ0) is 14.5. The second kappa shape index (κ2) is 6.41. The Morgan fingerprint density at radius 1 is 1.25 bits per heavy atom. The van der Waals surface area contributed by atoms with Crippen molar-refractivity contribution in [2.75, 3.05) is 26.3 Å². The number of rotatable bonds is 5. The Balaban J connectivity index is 2.26. The molecule has 1 aromatic carbocycles. The van der Waals surface area contributed by atoms with Gasteiger partial charge in [0, 0.05) is 12.1 Å². The Bertz CT molecular complexity index is 526. The Morgan fingerprint density at radius 3 is 2.55 bits per heavy atom. The summed E-state index contributed by atoms with van der Waals surface area (Å²) in [5.74, 6) is 1.99. The van der Waals surface area contributed by atoms with E-state index in [9.17, 15) is 4.79 Å². The van der Waals surface area contributed by atoms with E-state index in [0.717, 1.165) is 5.84 Å². The molecule has 2 rings (SSSR count). The first-order valence-corrected chi connectivity index (χ1v) is 6.90. The molecule has 0 saturated heterocycles. The predicted octanol–water partition coefficient (Wildman–Crippen LogP) is 2.36. The lowest BCUT2D eigenvalue weighted by Gasteiger charge is -2.17. The van der Waals surface area contributed by atoms with E-state index in [1.54, 1.807) is 23.1 Å². The number of amidine groups is 1. The van der Waals surface area contributed by atoms with Crippen LogP contribution in [0.4, 0.5) is 0 Å². The number of carbonyl (C=O) groups is 1. The minimum Gasteiger partial charge on any atom is -0.490 e. The summed E-state index contributed by atoms with van der Waals surface area (Å²) in [7, 11) is 0. The van der Waals surface area contributed by atoms with Gasteiger partial charge >= 0.3 is 0 Å². The molecule has 0 fully saturated rings. The fourth-order valence-electron chi connectivity index (χ4n) is 2.15. The Labute approximate surface area is 119 Å². The highest BCUT2D eigenvalue weighted by molar-refractivity contribution is 6.06. The molecule has 0 bridgehead atoms. The average molecular weight is 276 g/mol. The first-order valence-electron chi connectivity index (χ1n) is 6.90. The fraction of sp³-hybridized carbons (Fsp3) is 0.467. The summed E-state index contributed by atoms with van der Waals surface area (Å²) in [6, 6.07) is 5.29. The van der Waals surface area contributed by atoms with E-state index in [4.69, 9.17) is 9.47 Å². The average Bonchev–Trinajstić information content (AvgIpc) is 2.86. The summed E-state index contributed by atoms with van der Waals surface area (Å²) in [6.45, 7) is 8.07. The third-order valence-electron chi connectivity index (χ3n) is 3.09. The highest BCUT2D eigenvalue weighted by Crippen LogP contribution is 2.29. The topological polar surface area (TPSA) is 51.1 Å². The highest BCUT2D eigenvalue weighted by Gasteiger charge is 2.22. The Kier molecular flexibility index (Phi) is 4.61. The van der Waals surface area contributed by atoms with Crippen molar-refractivity contribution in [1.82, 2.24) is 4.90 Å². The molecule has 5 nitrogen and oxygen atoms in total. The molecule has 0 saturated carbocycles. The SMILES string of the molecule is CCOc1ccc(C(=O)N2CCN=C2C)cc1OCC. The van der Waals surface area contributed by atoms with Crippen LogP contribution in [0.5, 0.6) is 11.5 Å². The van der Waals surface area contributed by atoms with E-state index in [1.165, 1.54) is 0 Å². The summed E-state index contributed by atoms with van der Waals surface area (Å²) in [5, 5.41) is 0. The summed E-state index contributed by atoms with van der Waals surface area (Å²) >= 11 is 0. The molecular formula is C15H20N2O3. The van der Waals surface area contributed by atoms with Gasteiger partial charge in [0.05, 0.1) is 19.8 Å². The second-order valence-corrected chi connectivity index (χ2v) is 4.41. The van der Waals surface area contributed by atoms with Crippen LogP contribution in [0.25, 0.3) is 0 Å². The van der Waals surface area contributed by atoms with Gasteiger partial charge in [-0.1, -0.05) is 0 Å². The van der Waals surface area contributed by atoms with Crippen molar-refractivity contribution in [2.24, 2.45) is 4.99 Å². The normalized spacial score (nSPS) is 14.2. The van der Waals surface area contributed by atoms with Gasteiger partial charge in [-0.15, -0.1) is 0 Å². The van der Waals surface area contributed by atoms with Gasteiger partial charge in [0.15, 0.2) is 11.5 Å². The minimum atomic E-state index is -0.0484. The first kappa shape index (κ1) is 14.4. The number of amides is 1. The van der Waals surface area contributed by atoms with E-state index in [-0.39, 0.29) is 5.91 Å². The molecule has 1 aliphatic heterocycles. The predicted molar refractivity (Wildman–Crippen MR) is 77.8 cm³/mol. The molecule has 5 heteroatoms. The number of benzene rings is 1. The quantitative estimate of drug-likeness (QED) is 0.829. The monoisotopic (exact) mass is 276 g/mol. The lowest BCUT2D eigenvalue weighted by atomic mass is 10.1. The molecule has 1 amide bonds. The summed E-state index contributed by atoms with van der Waals surface area (Å²) in [5.41, 5.74) is 0.591. The number of hydrogen-bond donors (Lipinski definition) is 0. The van der Waals surface area contributed by atoms with Crippen LogP contribution in [-0.4, -0.2) is 42.9 Å². The maximum absolute atomic E-state index is 12.4. The molecule has 0 atom stereocenters. The van der Waals surface area contributed by atoms with Crippen molar-refractivity contribution in [3.05, 3.63) is 23.8 Å². The number of hydrogen-bond acceptors (Lipinski definition) is 4. The van der Waals surface area contributed by atoms with Crippen molar-refractivity contribution in [2.45, 2.75) is 20.8 Å². The van der Waals surface area contributed by atoms with Gasteiger partial charge in [0.2, 0.25) is 0 Å². The molecule has 108 valence electrons. The lowest BCUT2D eigenvalue weighted by molar-refractivity contribution is 0.0857. The van der Waals surface area contributed by atoms with Crippen LogP contribution in [-0.2, 0) is 0 Å². The fourth-order valence-corrected chi connectivity index (χ4v) is 2.15. The number of nitrogens with zero attached hydrogens (tertiary/aromatic N) is 2. The zero-order valence-corrected chi connectivity index (χ0v) is 12.2. The minimum absolute atomic E-state index is 0.0484. The number of ether oxygens (including phenoxy) is 2. The van der Waals surface area contributed by atoms with Crippen LogP contribution >= 0.6 is 0 Å². The van der Waals surface area contributed by atoms with Crippen LogP contribution in [0.1, 0.15) is 31.1 Å². The van der Waals surface area contributed by atoms with E-state index in [1.807, 2.05) is 20.8 Å². The first-order chi connectivity index (χ1) is 9.67. The van der Waals surface area contributed by atoms with Crippen molar-refractivity contribution in [3.8, 4) is 11.5 Å². The van der Waals surface area contributed by atoms with Gasteiger partial charge in [-0.3, -0.25) is 14.7 Å². The maximum atomic E-state index is 12.4. The largest absolute Gasteiger partial charge is 0.490 e. The van der Waals surface area contributed by atoms with Crippen molar-refractivity contribution >= 4 is 11.7 Å². The number of aliphatic imine (C=N–C) groups is 1. The van der Waals surface area contributed by atoms with Gasteiger partial charge in [-0.05, 0) is 39.0 Å². The molecule has 0 aromatic heterocycles. The Hall–Kier alpha value is -2.04. The third-order valence-corrected chi connectivity index (χ3v) is 3.09. The molecule has 1 aliphatic rings. The van der Waals surface area contributed by atoms with Gasteiger partial charge in [0.25, 0.3) is 5.91 Å². The van der Waals surface area contributed by atoms with Gasteiger partial charge in [0.1, 0.15) is 5.84 Å². The molecular weight excluding hydrogens is 256 g/mol. The maximum Gasteiger partial charge on any atom is 0.259 e. The zero-order valence-electron chi connectivity index (χ0n) is 12.2. The van der Waals surface area contributed by atoms with E-state index in [2.05, 4.69) is 4.99 Å². The standard InChI is InChI=1S/C15H20N2O3/c1-4-19-13-7-6-12(10-14(13)20-5-2)15(18)17-9-8-16-11(17)3/h6-7,10H,4-5,8-9H2,1-3H3. The van der Waals surface area contributed by atoms with Crippen molar-refractivity contribution < 1.29 is 14.3 Å². The molecule has 20 heavy (non-hydrogen) atoms. The van der Waals surface area contributed by atoms with E-state index in [0.29, 0.717) is 43.4 Å². The van der Waals surface area contributed by atoms with Crippen molar-refractivity contribution in [1.29, 1.82) is 0 Å². The van der Waals surface area contributed by atoms with Crippen LogP contribution < -0.4 is 9.47 Å². The van der Waals surface area contributed by atoms with Crippen LogP contribution in [0.3, 0.4) is 0 Å². The third kappa shape index (κ3) is 2.92. The van der Waals surface area contributed by atoms with Crippen molar-refractivity contribution in [3.63, 3.8) is 0 Å². The Morgan fingerprint density at radius 2 is 1.95 bits per heavy atom. The molecule has 1 aromatic rings. The molecule has 0 unspecified atom stereocenters. The second-order valence-electron chi connectivity index (χ2n) is 4.41. The van der Waals surface area contributed by atoms with Gasteiger partial charge in [-0.25, -0.2) is 0 Å². The van der Waals surface area contributed by atoms with E-state index < -0.39 is 0 Å². The summed E-state index contributed by atoms with van der Waals surface area (Å²) in [6.07, 6.45) is 0. The molecule has 0 spiro atoms. The molecule has 0 N–H and O–H groups in total. The molecule has 0 radical (unpaired) electrons. The summed E-state index contributed by atoms with van der Waals surface area (Å²) < 4.78 is 11.0. The molecule has 1 heterocycles. The van der Waals surface area contributed by atoms with Gasteiger partial charge < -0.3 is 9.47 Å². The smallest absolute Gasteiger partial charge is 0.259 e. The molecule has 0 aliphatic carbocycles. The lowest BCUT2D eigenvalue weighted by Crippen LogP contribution is -2.32. The van der Waals surface area contributed by atoms with Crippen LogP contribution in [0.2, 0.25) is 0 Å². The van der Waals surface area contributed by atoms with E-state index >= 15 is 0 Å². The number of carbonyl (C=O) groups excluding carboxylic acids is 1. The van der Waals surface area contributed by atoms with Crippen LogP contribution in [0, 0.1) is 0 Å². The summed E-state index contributed by atoms with van der Waals surface area (Å²) in [4.78, 5) is 18.4. The van der Waals surface area contributed by atoms with Crippen LogP contribution in [0.15, 0.2) is 23.2 Å².